The molecule has 0 saturated heterocycles. The molecule has 0 amide bonds. The van der Waals surface area contributed by atoms with Crippen LogP contribution in [-0.2, 0) is 11.2 Å². The number of carboxylic acids is 1. The minimum absolute atomic E-state index is 0.102. The predicted molar refractivity (Wildman–Crippen MR) is 50.4 cm³/mol. The fraction of sp³-hybridized carbons (Fsp3) is 0.500. The van der Waals surface area contributed by atoms with E-state index in [4.69, 9.17) is 15.6 Å². The highest BCUT2D eigenvalue weighted by Crippen LogP contribution is 2.06. The van der Waals surface area contributed by atoms with Crippen molar-refractivity contribution in [2.75, 3.05) is 7.11 Å². The molecule has 0 bridgehead atoms. The summed E-state index contributed by atoms with van der Waals surface area (Å²) in [6.45, 7) is 1.70. The number of ether oxygens (including phenoxy) is 1. The first-order chi connectivity index (χ1) is 7.04. The topological polar surface area (TPSA) is 111 Å². The van der Waals surface area contributed by atoms with E-state index in [1.807, 2.05) is 0 Å². The molecule has 82 valence electrons. The van der Waals surface area contributed by atoms with Gasteiger partial charge in [-0.15, -0.1) is 5.10 Å². The number of carbonyl (C=O) groups is 1. The Labute approximate surface area is 86.3 Å². The normalized spacial score (nSPS) is 12.2. The van der Waals surface area contributed by atoms with E-state index in [9.17, 15) is 4.79 Å². The molecule has 1 rings (SSSR count). The molecule has 1 heterocycles. The predicted octanol–water partition coefficient (Wildman–Crippen LogP) is -0.857. The summed E-state index contributed by atoms with van der Waals surface area (Å²) in [5, 5.41) is 16.0. The Morgan fingerprint density at radius 3 is 2.73 bits per heavy atom. The van der Waals surface area contributed by atoms with Gasteiger partial charge in [0, 0.05) is 6.42 Å². The van der Waals surface area contributed by atoms with E-state index in [0.717, 1.165) is 0 Å². The average Bonchev–Trinajstić information content (AvgIpc) is 2.20. The van der Waals surface area contributed by atoms with Crippen LogP contribution in [0.4, 0.5) is 0 Å². The number of aromatic nitrogens is 3. The third kappa shape index (κ3) is 2.84. The van der Waals surface area contributed by atoms with Crippen molar-refractivity contribution >= 4 is 5.97 Å². The third-order valence-electron chi connectivity index (χ3n) is 1.85. The highest BCUT2D eigenvalue weighted by atomic mass is 16.5. The average molecular weight is 212 g/mol. The Hall–Kier alpha value is -1.76. The molecule has 0 aliphatic carbocycles. The SMILES string of the molecule is COc1nnc(CC(N)C(=O)O)c(C)n1. The van der Waals surface area contributed by atoms with Crippen LogP contribution in [0.1, 0.15) is 11.4 Å². The number of methoxy groups -OCH3 is 1. The summed E-state index contributed by atoms with van der Waals surface area (Å²) in [5.41, 5.74) is 6.39. The number of aliphatic carboxylic acids is 1. The van der Waals surface area contributed by atoms with Crippen LogP contribution in [0.25, 0.3) is 0 Å². The van der Waals surface area contributed by atoms with Gasteiger partial charge >= 0.3 is 12.0 Å². The Kier molecular flexibility index (Phi) is 3.51. The van der Waals surface area contributed by atoms with Crippen LogP contribution in [0.3, 0.4) is 0 Å². The molecule has 1 atom stereocenters. The zero-order valence-corrected chi connectivity index (χ0v) is 8.47. The van der Waals surface area contributed by atoms with Crippen LogP contribution >= 0.6 is 0 Å². The lowest BCUT2D eigenvalue weighted by Crippen LogP contribution is -2.33. The van der Waals surface area contributed by atoms with Gasteiger partial charge in [-0.3, -0.25) is 4.79 Å². The molecular formula is C8H12N4O3. The van der Waals surface area contributed by atoms with E-state index >= 15 is 0 Å². The molecule has 7 nitrogen and oxygen atoms in total. The molecule has 0 aliphatic rings. The lowest BCUT2D eigenvalue weighted by molar-refractivity contribution is -0.138. The van der Waals surface area contributed by atoms with E-state index in [-0.39, 0.29) is 12.4 Å². The van der Waals surface area contributed by atoms with Crippen molar-refractivity contribution in [2.24, 2.45) is 5.73 Å². The Morgan fingerprint density at radius 1 is 1.60 bits per heavy atom. The number of nitrogens with zero attached hydrogens (tertiary/aromatic N) is 3. The van der Waals surface area contributed by atoms with Crippen LogP contribution in [0.5, 0.6) is 6.01 Å². The van der Waals surface area contributed by atoms with Crippen molar-refractivity contribution < 1.29 is 14.6 Å². The van der Waals surface area contributed by atoms with Crippen LogP contribution < -0.4 is 10.5 Å². The second-order valence-corrected chi connectivity index (χ2v) is 2.98. The summed E-state index contributed by atoms with van der Waals surface area (Å²) < 4.78 is 4.77. The molecule has 0 fully saturated rings. The van der Waals surface area contributed by atoms with Crippen LogP contribution in [0.15, 0.2) is 0 Å². The summed E-state index contributed by atoms with van der Waals surface area (Å²) in [7, 11) is 1.43. The van der Waals surface area contributed by atoms with Crippen molar-refractivity contribution in [3.63, 3.8) is 0 Å². The van der Waals surface area contributed by atoms with Gasteiger partial charge in [-0.1, -0.05) is 5.10 Å². The molecular weight excluding hydrogens is 200 g/mol. The van der Waals surface area contributed by atoms with Crippen LogP contribution in [0, 0.1) is 6.92 Å². The smallest absolute Gasteiger partial charge is 0.335 e. The van der Waals surface area contributed by atoms with E-state index in [1.165, 1.54) is 7.11 Å². The maximum absolute atomic E-state index is 10.5. The molecule has 0 aromatic carbocycles. The van der Waals surface area contributed by atoms with E-state index in [1.54, 1.807) is 6.92 Å². The standard InChI is InChI=1S/C8H12N4O3/c1-4-6(3-5(9)7(13)14)11-12-8(10-4)15-2/h5H,3,9H2,1-2H3,(H,13,14). The fourth-order valence-electron chi connectivity index (χ4n) is 0.976. The third-order valence-corrected chi connectivity index (χ3v) is 1.85. The molecule has 1 aromatic rings. The van der Waals surface area contributed by atoms with Gasteiger partial charge in [0.1, 0.15) is 6.04 Å². The molecule has 7 heteroatoms. The minimum atomic E-state index is -1.08. The number of aryl methyl sites for hydroxylation is 1. The number of rotatable bonds is 4. The second-order valence-electron chi connectivity index (χ2n) is 2.98. The van der Waals surface area contributed by atoms with E-state index in [2.05, 4.69) is 15.2 Å². The molecule has 0 spiro atoms. The zero-order valence-electron chi connectivity index (χ0n) is 8.47. The summed E-state index contributed by atoms with van der Waals surface area (Å²) in [6.07, 6.45) is 0.102. The zero-order chi connectivity index (χ0) is 11.4. The minimum Gasteiger partial charge on any atom is -0.480 e. The van der Waals surface area contributed by atoms with Crippen molar-refractivity contribution in [3.05, 3.63) is 11.4 Å². The highest BCUT2D eigenvalue weighted by molar-refractivity contribution is 5.73. The number of hydrogen-bond acceptors (Lipinski definition) is 6. The Bertz CT molecular complexity index is 369. The Balaban J connectivity index is 2.82. The van der Waals surface area contributed by atoms with Gasteiger partial charge in [-0.2, -0.15) is 4.98 Å². The molecule has 0 radical (unpaired) electrons. The largest absolute Gasteiger partial charge is 0.480 e. The second kappa shape index (κ2) is 4.65. The van der Waals surface area contributed by atoms with Crippen LogP contribution in [-0.4, -0.2) is 39.4 Å². The molecule has 15 heavy (non-hydrogen) atoms. The van der Waals surface area contributed by atoms with Gasteiger partial charge in [0.2, 0.25) is 0 Å². The van der Waals surface area contributed by atoms with E-state index < -0.39 is 12.0 Å². The number of carboxylic acid groups (broad SMARTS) is 1. The summed E-state index contributed by atoms with van der Waals surface area (Å²) >= 11 is 0. The molecule has 1 unspecified atom stereocenters. The molecule has 3 N–H and O–H groups in total. The molecule has 1 aromatic heterocycles. The maximum Gasteiger partial charge on any atom is 0.335 e. The number of hydrogen-bond donors (Lipinski definition) is 2. The van der Waals surface area contributed by atoms with Gasteiger partial charge in [-0.25, -0.2) is 0 Å². The van der Waals surface area contributed by atoms with Crippen molar-refractivity contribution in [1.29, 1.82) is 0 Å². The monoisotopic (exact) mass is 212 g/mol. The lowest BCUT2D eigenvalue weighted by atomic mass is 10.1. The quantitative estimate of drug-likeness (QED) is 0.668. The van der Waals surface area contributed by atoms with Gasteiger partial charge < -0.3 is 15.6 Å². The first-order valence-electron chi connectivity index (χ1n) is 4.27. The summed E-state index contributed by atoms with van der Waals surface area (Å²) in [4.78, 5) is 14.5. The van der Waals surface area contributed by atoms with Crippen molar-refractivity contribution in [1.82, 2.24) is 15.2 Å². The number of nitrogens with two attached hydrogens (primary N) is 1. The molecule has 0 aliphatic heterocycles. The van der Waals surface area contributed by atoms with Crippen molar-refractivity contribution in [2.45, 2.75) is 19.4 Å². The lowest BCUT2D eigenvalue weighted by Gasteiger charge is -2.07. The van der Waals surface area contributed by atoms with Crippen LogP contribution in [0.2, 0.25) is 0 Å². The Morgan fingerprint density at radius 2 is 2.27 bits per heavy atom. The van der Waals surface area contributed by atoms with Gasteiger partial charge in [0.05, 0.1) is 18.5 Å². The first kappa shape index (κ1) is 11.3. The summed E-state index contributed by atoms with van der Waals surface area (Å²) in [6, 6.07) is -0.839. The van der Waals surface area contributed by atoms with Gasteiger partial charge in [0.25, 0.3) is 0 Å². The first-order valence-corrected chi connectivity index (χ1v) is 4.27. The maximum atomic E-state index is 10.5. The summed E-state index contributed by atoms with van der Waals surface area (Å²) in [5.74, 6) is -1.08. The fourth-order valence-corrected chi connectivity index (χ4v) is 0.976. The van der Waals surface area contributed by atoms with Crippen molar-refractivity contribution in [3.8, 4) is 6.01 Å². The van der Waals surface area contributed by atoms with Gasteiger partial charge in [-0.05, 0) is 6.92 Å². The van der Waals surface area contributed by atoms with E-state index in [0.29, 0.717) is 11.4 Å². The van der Waals surface area contributed by atoms with Gasteiger partial charge in [0.15, 0.2) is 0 Å². The molecule has 0 saturated carbocycles. The highest BCUT2D eigenvalue weighted by Gasteiger charge is 2.15.